The molecule has 2 aromatic heterocycles. The Bertz CT molecular complexity index is 621. The molecule has 126 valence electrons. The summed E-state index contributed by atoms with van der Waals surface area (Å²) < 4.78 is 10.2. The average molecular weight is 327 g/mol. The van der Waals surface area contributed by atoms with Gasteiger partial charge in [0.15, 0.2) is 11.6 Å². The highest BCUT2D eigenvalue weighted by Crippen LogP contribution is 2.04. The summed E-state index contributed by atoms with van der Waals surface area (Å²) >= 11 is 0. The van der Waals surface area contributed by atoms with Crippen LogP contribution in [0.15, 0.2) is 57.8 Å². The van der Waals surface area contributed by atoms with E-state index in [9.17, 15) is 9.59 Å². The topological polar surface area (TPSA) is 63.7 Å². The van der Waals surface area contributed by atoms with E-state index in [0.717, 1.165) is 0 Å². The van der Waals surface area contributed by atoms with Crippen LogP contribution in [0.1, 0.15) is 24.4 Å². The molecule has 0 aliphatic carbocycles. The van der Waals surface area contributed by atoms with Gasteiger partial charge in [-0.15, -0.1) is 0 Å². The second-order valence-electron chi connectivity index (χ2n) is 5.43. The summed E-state index contributed by atoms with van der Waals surface area (Å²) in [5.74, 6) is 1.38. The van der Waals surface area contributed by atoms with E-state index in [-0.39, 0.29) is 11.6 Å². The first-order valence-corrected chi connectivity index (χ1v) is 7.81. The van der Waals surface area contributed by atoms with Gasteiger partial charge < -0.3 is 13.7 Å². The van der Waals surface area contributed by atoms with Crippen LogP contribution in [0.2, 0.25) is 0 Å². The van der Waals surface area contributed by atoms with Crippen molar-refractivity contribution in [3.63, 3.8) is 0 Å². The van der Waals surface area contributed by atoms with Gasteiger partial charge in [-0.05, 0) is 55.6 Å². The quantitative estimate of drug-likeness (QED) is 0.625. The first-order chi connectivity index (χ1) is 11.6. The lowest BCUT2D eigenvalue weighted by molar-refractivity contribution is -0.114. The predicted octanol–water partition coefficient (Wildman–Crippen LogP) is 3.45. The third-order valence-corrected chi connectivity index (χ3v) is 3.43. The Kier molecular flexibility index (Phi) is 6.98. The highest BCUT2D eigenvalue weighted by molar-refractivity contribution is 5.94. The van der Waals surface area contributed by atoms with E-state index in [1.165, 1.54) is 12.2 Å². The Labute approximate surface area is 141 Å². The van der Waals surface area contributed by atoms with Crippen LogP contribution in [-0.4, -0.2) is 36.6 Å². The molecule has 0 N–H and O–H groups in total. The van der Waals surface area contributed by atoms with Crippen LogP contribution in [0.25, 0.3) is 12.2 Å². The highest BCUT2D eigenvalue weighted by atomic mass is 16.3. The largest absolute Gasteiger partial charge is 0.465 e. The molecule has 5 nitrogen and oxygen atoms in total. The monoisotopic (exact) mass is 327 g/mol. The van der Waals surface area contributed by atoms with E-state index >= 15 is 0 Å². The van der Waals surface area contributed by atoms with Crippen molar-refractivity contribution >= 4 is 23.7 Å². The zero-order valence-corrected chi connectivity index (χ0v) is 13.7. The molecule has 0 saturated carbocycles. The van der Waals surface area contributed by atoms with Crippen molar-refractivity contribution in [3.05, 3.63) is 60.5 Å². The number of hydrogen-bond donors (Lipinski definition) is 0. The van der Waals surface area contributed by atoms with Gasteiger partial charge >= 0.3 is 0 Å². The van der Waals surface area contributed by atoms with E-state index in [0.29, 0.717) is 37.5 Å². The maximum absolute atomic E-state index is 11.8. The number of allylic oxidation sites excluding steroid dienone is 2. The van der Waals surface area contributed by atoms with Gasteiger partial charge in [0.2, 0.25) is 0 Å². The van der Waals surface area contributed by atoms with Crippen LogP contribution in [0, 0.1) is 0 Å². The molecule has 0 aromatic carbocycles. The van der Waals surface area contributed by atoms with Gasteiger partial charge in [-0.1, -0.05) is 0 Å². The lowest BCUT2D eigenvalue weighted by Crippen LogP contribution is -2.24. The van der Waals surface area contributed by atoms with Gasteiger partial charge in [-0.25, -0.2) is 0 Å². The third-order valence-electron chi connectivity index (χ3n) is 3.43. The molecule has 2 heterocycles. The zero-order chi connectivity index (χ0) is 17.2. The van der Waals surface area contributed by atoms with Crippen molar-refractivity contribution in [1.82, 2.24) is 4.90 Å². The molecule has 0 bridgehead atoms. The van der Waals surface area contributed by atoms with Crippen LogP contribution < -0.4 is 0 Å². The molecule has 5 heteroatoms. The van der Waals surface area contributed by atoms with Crippen molar-refractivity contribution < 1.29 is 18.4 Å². The molecule has 0 radical (unpaired) electrons. The number of nitrogens with zero attached hydrogens (tertiary/aromatic N) is 1. The summed E-state index contributed by atoms with van der Waals surface area (Å²) in [6.07, 6.45) is 10.3. The molecule has 2 aromatic rings. The normalized spacial score (nSPS) is 11.8. The van der Waals surface area contributed by atoms with E-state index < -0.39 is 0 Å². The molecular weight excluding hydrogens is 306 g/mol. The van der Waals surface area contributed by atoms with Gasteiger partial charge in [0.05, 0.1) is 12.5 Å². The lowest BCUT2D eigenvalue weighted by Gasteiger charge is -2.14. The van der Waals surface area contributed by atoms with Crippen molar-refractivity contribution in [2.24, 2.45) is 0 Å². The molecule has 0 fully saturated rings. The highest BCUT2D eigenvalue weighted by Gasteiger charge is 2.05. The van der Waals surface area contributed by atoms with Crippen LogP contribution in [0.4, 0.5) is 0 Å². The van der Waals surface area contributed by atoms with Crippen LogP contribution in [0.5, 0.6) is 0 Å². The number of rotatable bonds is 10. The smallest absolute Gasteiger partial charge is 0.157 e. The Hall–Kier alpha value is -2.66. The zero-order valence-electron chi connectivity index (χ0n) is 13.7. The van der Waals surface area contributed by atoms with Crippen molar-refractivity contribution in [1.29, 1.82) is 0 Å². The molecule has 0 amide bonds. The lowest BCUT2D eigenvalue weighted by atomic mass is 10.2. The van der Waals surface area contributed by atoms with Crippen molar-refractivity contribution in [2.45, 2.75) is 12.8 Å². The molecule has 0 unspecified atom stereocenters. The van der Waals surface area contributed by atoms with E-state index in [4.69, 9.17) is 8.83 Å². The molecule has 24 heavy (non-hydrogen) atoms. The molecule has 0 aliphatic heterocycles. The minimum absolute atomic E-state index is 0.0299. The van der Waals surface area contributed by atoms with Gasteiger partial charge in [0.1, 0.15) is 11.5 Å². The summed E-state index contributed by atoms with van der Waals surface area (Å²) in [5, 5.41) is 0. The Balaban J connectivity index is 1.63. The van der Waals surface area contributed by atoms with Crippen molar-refractivity contribution in [3.8, 4) is 0 Å². The Morgan fingerprint density at radius 1 is 0.917 bits per heavy atom. The summed E-state index contributed by atoms with van der Waals surface area (Å²) in [7, 11) is 1.90. The summed E-state index contributed by atoms with van der Waals surface area (Å²) in [5.41, 5.74) is 0. The Morgan fingerprint density at radius 3 is 1.75 bits per heavy atom. The van der Waals surface area contributed by atoms with E-state index in [1.54, 1.807) is 48.9 Å². The second kappa shape index (κ2) is 9.47. The molecule has 0 spiro atoms. The standard InChI is InChI=1S/C19H21NO4/c1-20(12-10-16(21)6-8-18-4-2-14-23-18)13-11-17(22)7-9-19-5-3-15-24-19/h2-9,14-15H,10-13H2,1H3/b8-6+,9-7+. The number of furan rings is 2. The van der Waals surface area contributed by atoms with Gasteiger partial charge in [-0.2, -0.15) is 0 Å². The number of ketones is 2. The summed E-state index contributed by atoms with van der Waals surface area (Å²) in [4.78, 5) is 25.5. The molecule has 2 rings (SSSR count). The average Bonchev–Trinajstić information content (AvgIpc) is 3.27. The molecule has 0 aliphatic rings. The van der Waals surface area contributed by atoms with E-state index in [1.807, 2.05) is 11.9 Å². The first kappa shape index (κ1) is 17.7. The van der Waals surface area contributed by atoms with Crippen LogP contribution in [0.3, 0.4) is 0 Å². The fraction of sp³-hybridized carbons (Fsp3) is 0.263. The molecule has 0 atom stereocenters. The van der Waals surface area contributed by atoms with Gasteiger partial charge in [0.25, 0.3) is 0 Å². The second-order valence-corrected chi connectivity index (χ2v) is 5.43. The maximum atomic E-state index is 11.8. The predicted molar refractivity (Wildman–Crippen MR) is 92.2 cm³/mol. The number of carbonyl (C=O) groups is 2. The third kappa shape index (κ3) is 6.62. The maximum Gasteiger partial charge on any atom is 0.157 e. The van der Waals surface area contributed by atoms with Gasteiger partial charge in [-0.3, -0.25) is 9.59 Å². The minimum atomic E-state index is 0.0299. The number of hydrogen-bond acceptors (Lipinski definition) is 5. The van der Waals surface area contributed by atoms with Gasteiger partial charge in [0, 0.05) is 25.9 Å². The fourth-order valence-corrected chi connectivity index (χ4v) is 2.00. The minimum Gasteiger partial charge on any atom is -0.465 e. The fourth-order valence-electron chi connectivity index (χ4n) is 2.00. The van der Waals surface area contributed by atoms with Crippen LogP contribution in [-0.2, 0) is 9.59 Å². The number of carbonyl (C=O) groups excluding carboxylic acids is 2. The van der Waals surface area contributed by atoms with Crippen molar-refractivity contribution in [2.75, 3.05) is 20.1 Å². The SMILES string of the molecule is CN(CCC(=O)/C=C/c1ccco1)CCC(=O)/C=C/c1ccco1. The molecular formula is C19H21NO4. The van der Waals surface area contributed by atoms with Crippen LogP contribution >= 0.6 is 0 Å². The summed E-state index contributed by atoms with van der Waals surface area (Å²) in [6.45, 7) is 1.22. The first-order valence-electron chi connectivity index (χ1n) is 7.81. The Morgan fingerprint density at radius 2 is 1.38 bits per heavy atom. The molecule has 0 saturated heterocycles. The summed E-state index contributed by atoms with van der Waals surface area (Å²) in [6, 6.07) is 7.13. The van der Waals surface area contributed by atoms with E-state index in [2.05, 4.69) is 0 Å².